The molecule has 2 aromatic carbocycles. The lowest BCUT2D eigenvalue weighted by Crippen LogP contribution is -2.35. The van der Waals surface area contributed by atoms with Crippen LogP contribution in [0, 0.1) is 6.92 Å². The Kier molecular flexibility index (Phi) is 6.19. The third kappa shape index (κ3) is 4.12. The average molecular weight is 496 g/mol. The largest absolute Gasteiger partial charge is 0.455 e. The molecular formula is C26H23Cl2N3O3. The lowest BCUT2D eigenvalue weighted by atomic mass is 9.93. The molecule has 3 aromatic rings. The van der Waals surface area contributed by atoms with Crippen molar-refractivity contribution in [3.63, 3.8) is 0 Å². The van der Waals surface area contributed by atoms with Crippen LogP contribution >= 0.6 is 23.2 Å². The lowest BCUT2D eigenvalue weighted by Gasteiger charge is -2.28. The van der Waals surface area contributed by atoms with Crippen molar-refractivity contribution in [2.45, 2.75) is 39.0 Å². The molecule has 0 spiro atoms. The first-order chi connectivity index (χ1) is 16.4. The molecule has 2 amide bonds. The number of carbonyl (C=O) groups excluding carboxylic acids is 2. The zero-order chi connectivity index (χ0) is 23.8. The second-order valence-electron chi connectivity index (χ2n) is 8.52. The number of anilines is 1. The lowest BCUT2D eigenvalue weighted by molar-refractivity contribution is 0.0948. The standard InChI is InChI=1S/C26H23Cl2N3O3/c1-15-23-20(29-30-25(32)18-12-11-17(27)14-19(18)28)8-4-10-22(23)34-24(15)26(33)31-13-5-7-16-6-2-3-9-21(16)31/h2-3,6,9,11-12,14H,4-5,7-8,10,13H2,1H3,(H,30,32)/b29-20+. The van der Waals surface area contributed by atoms with Crippen LogP contribution in [0.5, 0.6) is 0 Å². The van der Waals surface area contributed by atoms with Crippen molar-refractivity contribution in [2.24, 2.45) is 5.10 Å². The number of fused-ring (bicyclic) bond motifs is 2. The summed E-state index contributed by atoms with van der Waals surface area (Å²) in [6.45, 7) is 2.53. The summed E-state index contributed by atoms with van der Waals surface area (Å²) in [4.78, 5) is 27.9. The Bertz CT molecular complexity index is 1330. The van der Waals surface area contributed by atoms with Crippen molar-refractivity contribution in [3.8, 4) is 0 Å². The highest BCUT2D eigenvalue weighted by molar-refractivity contribution is 6.36. The third-order valence-electron chi connectivity index (χ3n) is 6.34. The Morgan fingerprint density at radius 3 is 2.71 bits per heavy atom. The fourth-order valence-electron chi connectivity index (χ4n) is 4.70. The first kappa shape index (κ1) is 22.7. The second kappa shape index (κ2) is 9.28. The van der Waals surface area contributed by atoms with Gasteiger partial charge in [-0.2, -0.15) is 5.10 Å². The molecule has 5 rings (SSSR count). The van der Waals surface area contributed by atoms with E-state index in [1.165, 1.54) is 11.6 Å². The van der Waals surface area contributed by atoms with Crippen LogP contribution in [0.25, 0.3) is 0 Å². The molecule has 1 aromatic heterocycles. The van der Waals surface area contributed by atoms with Crippen LogP contribution in [0.2, 0.25) is 10.0 Å². The van der Waals surface area contributed by atoms with Gasteiger partial charge in [-0.05, 0) is 62.4 Å². The molecule has 0 radical (unpaired) electrons. The van der Waals surface area contributed by atoms with E-state index in [0.717, 1.165) is 48.3 Å². The van der Waals surface area contributed by atoms with Crippen LogP contribution in [0.3, 0.4) is 0 Å². The third-order valence-corrected chi connectivity index (χ3v) is 6.89. The van der Waals surface area contributed by atoms with Crippen molar-refractivity contribution in [2.75, 3.05) is 11.4 Å². The van der Waals surface area contributed by atoms with Gasteiger partial charge in [-0.1, -0.05) is 41.4 Å². The number of para-hydroxylation sites is 1. The van der Waals surface area contributed by atoms with Crippen LogP contribution in [0.15, 0.2) is 52.0 Å². The van der Waals surface area contributed by atoms with Crippen molar-refractivity contribution < 1.29 is 14.0 Å². The Hall–Kier alpha value is -3.09. The predicted molar refractivity (Wildman–Crippen MR) is 133 cm³/mol. The van der Waals surface area contributed by atoms with Crippen molar-refractivity contribution in [3.05, 3.63) is 86.3 Å². The van der Waals surface area contributed by atoms with Crippen molar-refractivity contribution >= 4 is 46.4 Å². The number of nitrogens with one attached hydrogen (secondary N) is 1. The number of hydrazone groups is 1. The molecule has 6 nitrogen and oxygen atoms in total. The number of nitrogens with zero attached hydrogens (tertiary/aromatic N) is 2. The Balaban J connectivity index is 1.43. The van der Waals surface area contributed by atoms with Crippen LogP contribution in [0.4, 0.5) is 5.69 Å². The van der Waals surface area contributed by atoms with Gasteiger partial charge in [0.05, 0.1) is 16.3 Å². The molecule has 2 aliphatic rings. The summed E-state index contributed by atoms with van der Waals surface area (Å²) in [6.07, 6.45) is 4.07. The summed E-state index contributed by atoms with van der Waals surface area (Å²) in [5, 5.41) is 5.09. The maximum Gasteiger partial charge on any atom is 0.294 e. The van der Waals surface area contributed by atoms with Gasteiger partial charge in [-0.15, -0.1) is 0 Å². The topological polar surface area (TPSA) is 74.9 Å². The van der Waals surface area contributed by atoms with Gasteiger partial charge in [0, 0.05) is 34.8 Å². The molecule has 1 aliphatic heterocycles. The SMILES string of the molecule is Cc1c(C(=O)N2CCCc3ccccc32)oc2c1/C(=N/NC(=O)c1ccc(Cl)cc1Cl)CCC2. The molecule has 8 heteroatoms. The van der Waals surface area contributed by atoms with Gasteiger partial charge in [0.25, 0.3) is 11.8 Å². The highest BCUT2D eigenvalue weighted by Crippen LogP contribution is 2.33. The zero-order valence-corrected chi connectivity index (χ0v) is 20.2. The molecule has 1 N–H and O–H groups in total. The van der Waals surface area contributed by atoms with Crippen LogP contribution < -0.4 is 10.3 Å². The number of rotatable bonds is 3. The second-order valence-corrected chi connectivity index (χ2v) is 9.36. The molecular weight excluding hydrogens is 473 g/mol. The minimum absolute atomic E-state index is 0.143. The van der Waals surface area contributed by atoms with Crippen LogP contribution in [-0.2, 0) is 12.8 Å². The van der Waals surface area contributed by atoms with Crippen molar-refractivity contribution in [1.82, 2.24) is 5.43 Å². The molecule has 0 fully saturated rings. The van der Waals surface area contributed by atoms with E-state index < -0.39 is 5.91 Å². The molecule has 0 bridgehead atoms. The molecule has 1 aliphatic carbocycles. The van der Waals surface area contributed by atoms with Crippen LogP contribution in [-0.4, -0.2) is 24.1 Å². The Labute approximate surface area is 207 Å². The van der Waals surface area contributed by atoms with Crippen molar-refractivity contribution in [1.29, 1.82) is 0 Å². The minimum atomic E-state index is -0.427. The number of benzene rings is 2. The molecule has 34 heavy (non-hydrogen) atoms. The normalized spacial score (nSPS) is 16.2. The van der Waals surface area contributed by atoms with E-state index in [2.05, 4.69) is 16.6 Å². The fraction of sp³-hybridized carbons (Fsp3) is 0.269. The molecule has 0 atom stereocenters. The molecule has 0 unspecified atom stereocenters. The van der Waals surface area contributed by atoms with Gasteiger partial charge in [0.2, 0.25) is 0 Å². The van der Waals surface area contributed by atoms with Gasteiger partial charge >= 0.3 is 0 Å². The first-order valence-corrected chi connectivity index (χ1v) is 12.0. The first-order valence-electron chi connectivity index (χ1n) is 11.3. The summed E-state index contributed by atoms with van der Waals surface area (Å²) in [7, 11) is 0. The highest BCUT2D eigenvalue weighted by atomic mass is 35.5. The van der Waals surface area contributed by atoms with Crippen LogP contribution in [0.1, 0.15) is 62.6 Å². The monoisotopic (exact) mass is 495 g/mol. The van der Waals surface area contributed by atoms with E-state index in [1.807, 2.05) is 25.1 Å². The number of hydrogen-bond acceptors (Lipinski definition) is 4. The predicted octanol–water partition coefficient (Wildman–Crippen LogP) is 5.96. The number of hydrogen-bond donors (Lipinski definition) is 1. The maximum absolute atomic E-state index is 13.5. The van der Waals surface area contributed by atoms with Gasteiger partial charge < -0.3 is 9.32 Å². The number of amides is 2. The Morgan fingerprint density at radius 2 is 1.88 bits per heavy atom. The number of aryl methyl sites for hydroxylation is 2. The summed E-state index contributed by atoms with van der Waals surface area (Å²) in [6, 6.07) is 12.7. The molecule has 174 valence electrons. The maximum atomic E-state index is 13.5. The average Bonchev–Trinajstić information content (AvgIpc) is 3.18. The smallest absolute Gasteiger partial charge is 0.294 e. The number of furan rings is 1. The van der Waals surface area contributed by atoms with E-state index in [-0.39, 0.29) is 16.5 Å². The summed E-state index contributed by atoms with van der Waals surface area (Å²) >= 11 is 12.1. The molecule has 0 saturated carbocycles. The van der Waals surface area contributed by atoms with E-state index >= 15 is 0 Å². The van der Waals surface area contributed by atoms with E-state index in [1.54, 1.807) is 17.0 Å². The van der Waals surface area contributed by atoms with E-state index in [4.69, 9.17) is 27.6 Å². The Morgan fingerprint density at radius 1 is 1.06 bits per heavy atom. The quantitative estimate of drug-likeness (QED) is 0.455. The molecule has 2 heterocycles. The van der Waals surface area contributed by atoms with E-state index in [0.29, 0.717) is 29.5 Å². The minimum Gasteiger partial charge on any atom is -0.455 e. The van der Waals surface area contributed by atoms with Gasteiger partial charge in [-0.25, -0.2) is 5.43 Å². The fourth-order valence-corrected chi connectivity index (χ4v) is 5.20. The number of halogens is 2. The van der Waals surface area contributed by atoms with Gasteiger partial charge in [0.1, 0.15) is 5.76 Å². The van der Waals surface area contributed by atoms with Gasteiger partial charge in [-0.3, -0.25) is 9.59 Å². The van der Waals surface area contributed by atoms with E-state index in [9.17, 15) is 9.59 Å². The summed E-state index contributed by atoms with van der Waals surface area (Å²) in [5.41, 5.74) is 7.24. The zero-order valence-electron chi connectivity index (χ0n) is 18.7. The summed E-state index contributed by atoms with van der Waals surface area (Å²) < 4.78 is 6.10. The summed E-state index contributed by atoms with van der Waals surface area (Å²) in [5.74, 6) is 0.498. The highest BCUT2D eigenvalue weighted by Gasteiger charge is 2.32. The molecule has 0 saturated heterocycles. The number of carbonyl (C=O) groups is 2. The van der Waals surface area contributed by atoms with Gasteiger partial charge in [0.15, 0.2) is 5.76 Å².